The molecule has 0 radical (unpaired) electrons. The highest BCUT2D eigenvalue weighted by molar-refractivity contribution is 7.94. The van der Waals surface area contributed by atoms with E-state index in [9.17, 15) is 14.1 Å². The van der Waals surface area contributed by atoms with E-state index >= 15 is 0 Å². The van der Waals surface area contributed by atoms with Gasteiger partial charge in [-0.15, -0.1) is 0 Å². The van der Waals surface area contributed by atoms with Gasteiger partial charge in [-0.2, -0.15) is 3.89 Å². The van der Waals surface area contributed by atoms with Crippen molar-refractivity contribution in [3.05, 3.63) is 23.8 Å². The highest BCUT2D eigenvalue weighted by Crippen LogP contribution is 2.31. The molecule has 0 aromatic heterocycles. The molecule has 1 atom stereocenters. The van der Waals surface area contributed by atoms with E-state index in [1.165, 1.54) is 12.1 Å². The van der Waals surface area contributed by atoms with Crippen molar-refractivity contribution in [2.75, 3.05) is 13.6 Å². The van der Waals surface area contributed by atoms with Crippen LogP contribution in [0.5, 0.6) is 5.75 Å². The number of phenols is 1. The lowest BCUT2D eigenvalue weighted by molar-refractivity contribution is 0.167. The fourth-order valence-electron chi connectivity index (χ4n) is 1.25. The van der Waals surface area contributed by atoms with E-state index in [1.807, 2.05) is 0 Å². The normalized spacial score (nSPS) is 12.7. The van der Waals surface area contributed by atoms with Gasteiger partial charge in [0.25, 0.3) is 0 Å². The summed E-state index contributed by atoms with van der Waals surface area (Å²) in [4.78, 5) is 0.166. The van der Waals surface area contributed by atoms with Gasteiger partial charge in [-0.05, 0) is 37.7 Å². The van der Waals surface area contributed by atoms with Crippen LogP contribution in [0, 0.1) is 0 Å². The summed E-state index contributed by atoms with van der Waals surface area (Å²) in [7, 11) is 1.80. The average Bonchev–Trinajstić information content (AvgIpc) is 2.25. The van der Waals surface area contributed by atoms with Crippen LogP contribution in [0.4, 0.5) is 3.89 Å². The molecule has 0 saturated heterocycles. The lowest BCUT2D eigenvalue weighted by atomic mass is 10.1. The second-order valence-electron chi connectivity index (χ2n) is 3.21. The van der Waals surface area contributed by atoms with Gasteiger partial charge in [0.1, 0.15) is 5.75 Å². The van der Waals surface area contributed by atoms with Crippen molar-refractivity contribution in [3.8, 4) is 5.75 Å². The minimum absolute atomic E-state index is 0.0103. The quantitative estimate of drug-likeness (QED) is 0.725. The van der Waals surface area contributed by atoms with Crippen LogP contribution in [0.3, 0.4) is 0 Å². The zero-order chi connectivity index (χ0) is 11.3. The molecule has 1 rings (SSSR count). The van der Waals surface area contributed by atoms with Crippen LogP contribution in [-0.4, -0.2) is 23.8 Å². The summed E-state index contributed by atoms with van der Waals surface area (Å²) in [6.45, 7) is 0.682. The SMILES string of the molecule is CNCCC(O)c1ccc(SF)c(O)c1. The Labute approximate surface area is 92.6 Å². The number of aromatic hydroxyl groups is 1. The molecule has 5 heteroatoms. The molecule has 0 aliphatic rings. The molecule has 0 fully saturated rings. The summed E-state index contributed by atoms with van der Waals surface area (Å²) in [6, 6.07) is 4.46. The molecule has 1 aromatic carbocycles. The molecule has 3 nitrogen and oxygen atoms in total. The zero-order valence-corrected chi connectivity index (χ0v) is 9.22. The second-order valence-corrected chi connectivity index (χ2v) is 3.81. The van der Waals surface area contributed by atoms with Crippen molar-refractivity contribution in [1.29, 1.82) is 0 Å². The number of phenolic OH excluding ortho intramolecular Hbond substituents is 1. The molecule has 1 aromatic rings. The van der Waals surface area contributed by atoms with Crippen LogP contribution in [0.25, 0.3) is 0 Å². The molecule has 0 aliphatic heterocycles. The fraction of sp³-hybridized carbons (Fsp3) is 0.400. The van der Waals surface area contributed by atoms with Gasteiger partial charge >= 0.3 is 0 Å². The third-order valence-electron chi connectivity index (χ3n) is 2.12. The fourth-order valence-corrected chi connectivity index (χ4v) is 1.51. The smallest absolute Gasteiger partial charge is 0.132 e. The largest absolute Gasteiger partial charge is 0.507 e. The number of rotatable bonds is 5. The van der Waals surface area contributed by atoms with E-state index in [4.69, 9.17) is 0 Å². The molecular weight excluding hydrogens is 217 g/mol. The Morgan fingerprint density at radius 1 is 1.53 bits per heavy atom. The summed E-state index contributed by atoms with van der Waals surface area (Å²) >= 11 is -0.0103. The first-order valence-corrected chi connectivity index (χ1v) is 5.35. The Morgan fingerprint density at radius 2 is 2.27 bits per heavy atom. The number of aliphatic hydroxyl groups is 1. The summed E-state index contributed by atoms with van der Waals surface area (Å²) < 4.78 is 12.2. The second kappa shape index (κ2) is 5.95. The van der Waals surface area contributed by atoms with E-state index in [0.29, 0.717) is 18.5 Å². The molecule has 0 spiro atoms. The standard InChI is InChI=1S/C10H14FNO2S/c1-12-5-4-8(13)7-2-3-10(15-11)9(14)6-7/h2-3,6,8,12-14H,4-5H2,1H3. The van der Waals surface area contributed by atoms with Gasteiger partial charge in [0.05, 0.1) is 23.1 Å². The number of benzene rings is 1. The zero-order valence-electron chi connectivity index (χ0n) is 8.40. The van der Waals surface area contributed by atoms with E-state index in [0.717, 1.165) is 0 Å². The van der Waals surface area contributed by atoms with Gasteiger partial charge in [0.2, 0.25) is 0 Å². The van der Waals surface area contributed by atoms with Crippen molar-refractivity contribution in [3.63, 3.8) is 0 Å². The van der Waals surface area contributed by atoms with E-state index in [1.54, 1.807) is 13.1 Å². The topological polar surface area (TPSA) is 52.5 Å². The van der Waals surface area contributed by atoms with Crippen molar-refractivity contribution in [2.45, 2.75) is 17.4 Å². The Bertz CT molecular complexity index is 322. The molecule has 3 N–H and O–H groups in total. The molecule has 0 saturated carbocycles. The molecule has 0 heterocycles. The molecule has 84 valence electrons. The molecule has 0 bridgehead atoms. The first-order chi connectivity index (χ1) is 7.19. The van der Waals surface area contributed by atoms with Crippen LogP contribution < -0.4 is 5.32 Å². The Hall–Kier alpha value is -0.780. The minimum atomic E-state index is -0.637. The van der Waals surface area contributed by atoms with Crippen molar-refractivity contribution in [1.82, 2.24) is 5.32 Å². The summed E-state index contributed by atoms with van der Waals surface area (Å²) in [6.07, 6.45) is -0.0834. The van der Waals surface area contributed by atoms with Crippen LogP contribution in [-0.2, 0) is 0 Å². The maximum atomic E-state index is 12.2. The molecule has 0 aliphatic carbocycles. The average molecular weight is 231 g/mol. The van der Waals surface area contributed by atoms with Gasteiger partial charge in [0, 0.05) is 0 Å². The van der Waals surface area contributed by atoms with Crippen LogP contribution in [0.15, 0.2) is 23.1 Å². The molecule has 0 amide bonds. The molecule has 15 heavy (non-hydrogen) atoms. The Morgan fingerprint density at radius 3 is 2.80 bits per heavy atom. The number of hydrogen-bond acceptors (Lipinski definition) is 4. The maximum Gasteiger partial charge on any atom is 0.132 e. The number of hydrogen-bond donors (Lipinski definition) is 3. The number of aliphatic hydroxyl groups excluding tert-OH is 1. The van der Waals surface area contributed by atoms with Crippen LogP contribution >= 0.6 is 12.1 Å². The highest BCUT2D eigenvalue weighted by atomic mass is 32.2. The van der Waals surface area contributed by atoms with Gasteiger partial charge < -0.3 is 15.5 Å². The van der Waals surface area contributed by atoms with Gasteiger partial charge in [0.15, 0.2) is 0 Å². The summed E-state index contributed by atoms with van der Waals surface area (Å²) in [5, 5.41) is 22.0. The minimum Gasteiger partial charge on any atom is -0.507 e. The Balaban J connectivity index is 2.73. The first-order valence-electron chi connectivity index (χ1n) is 4.63. The van der Waals surface area contributed by atoms with Crippen molar-refractivity contribution < 1.29 is 14.1 Å². The lowest BCUT2D eigenvalue weighted by Gasteiger charge is -2.11. The lowest BCUT2D eigenvalue weighted by Crippen LogP contribution is -2.11. The van der Waals surface area contributed by atoms with Gasteiger partial charge in [-0.1, -0.05) is 6.07 Å². The van der Waals surface area contributed by atoms with Crippen LogP contribution in [0.2, 0.25) is 0 Å². The highest BCUT2D eigenvalue weighted by Gasteiger charge is 2.10. The third kappa shape index (κ3) is 3.37. The maximum absolute atomic E-state index is 12.2. The van der Waals surface area contributed by atoms with Gasteiger partial charge in [-0.3, -0.25) is 0 Å². The van der Waals surface area contributed by atoms with Crippen molar-refractivity contribution >= 4 is 12.1 Å². The number of halogens is 1. The van der Waals surface area contributed by atoms with Gasteiger partial charge in [-0.25, -0.2) is 0 Å². The molecular formula is C10H14FNO2S. The van der Waals surface area contributed by atoms with E-state index < -0.39 is 6.10 Å². The predicted molar refractivity (Wildman–Crippen MR) is 58.6 cm³/mol. The van der Waals surface area contributed by atoms with Crippen LogP contribution in [0.1, 0.15) is 18.1 Å². The molecule has 1 unspecified atom stereocenters. The van der Waals surface area contributed by atoms with E-state index in [2.05, 4.69) is 5.32 Å². The monoisotopic (exact) mass is 231 g/mol. The number of nitrogens with one attached hydrogen (secondary N) is 1. The van der Waals surface area contributed by atoms with E-state index in [-0.39, 0.29) is 22.8 Å². The Kier molecular flexibility index (Phi) is 4.87. The first kappa shape index (κ1) is 12.3. The summed E-state index contributed by atoms with van der Waals surface area (Å²) in [5.41, 5.74) is 0.598. The predicted octanol–water partition coefficient (Wildman–Crippen LogP) is 2.01. The van der Waals surface area contributed by atoms with Crippen molar-refractivity contribution in [2.24, 2.45) is 0 Å². The summed E-state index contributed by atoms with van der Waals surface area (Å²) in [5.74, 6) is -0.136. The third-order valence-corrected chi connectivity index (χ3v) is 2.63.